The smallest absolute Gasteiger partial charge is 0.129 e. The molecule has 0 fully saturated rings. The Labute approximate surface area is 85.3 Å². The minimum Gasteiger partial charge on any atom is -0.507 e. The molecule has 11 heavy (non-hydrogen) atoms. The quantitative estimate of drug-likeness (QED) is 0.774. The van der Waals surface area contributed by atoms with E-state index in [4.69, 9.17) is 10.8 Å². The summed E-state index contributed by atoms with van der Waals surface area (Å²) in [6, 6.07) is 5.43. The Balaban J connectivity index is 0.000001000. The Bertz CT molecular complexity index is 242. The third-order valence-corrected chi connectivity index (χ3v) is 2.16. The Morgan fingerprint density at radius 3 is 2.55 bits per heavy atom. The van der Waals surface area contributed by atoms with Crippen molar-refractivity contribution in [3.63, 3.8) is 0 Å². The SMILES string of the molecule is Cl.NCc1ccc(I)c(O)c1. The van der Waals surface area contributed by atoms with E-state index in [1.807, 2.05) is 12.1 Å². The maximum absolute atomic E-state index is 9.17. The zero-order chi connectivity index (χ0) is 7.56. The number of aromatic hydroxyl groups is 1. The lowest BCUT2D eigenvalue weighted by atomic mass is 10.2. The fraction of sp³-hybridized carbons (Fsp3) is 0.143. The van der Waals surface area contributed by atoms with Crippen molar-refractivity contribution in [2.45, 2.75) is 6.54 Å². The lowest BCUT2D eigenvalue weighted by Crippen LogP contribution is -1.95. The fourth-order valence-corrected chi connectivity index (χ4v) is 1.02. The van der Waals surface area contributed by atoms with Crippen molar-refractivity contribution in [1.29, 1.82) is 0 Å². The van der Waals surface area contributed by atoms with Gasteiger partial charge in [0.05, 0.1) is 3.57 Å². The number of rotatable bonds is 1. The number of nitrogens with two attached hydrogens (primary N) is 1. The largest absolute Gasteiger partial charge is 0.507 e. The molecule has 0 atom stereocenters. The van der Waals surface area contributed by atoms with Crippen LogP contribution in [0.1, 0.15) is 5.56 Å². The molecule has 0 saturated carbocycles. The second-order valence-electron chi connectivity index (χ2n) is 1.99. The number of halogens is 2. The number of hydrogen-bond donors (Lipinski definition) is 2. The summed E-state index contributed by atoms with van der Waals surface area (Å²) in [5.41, 5.74) is 6.31. The van der Waals surface area contributed by atoms with E-state index in [1.54, 1.807) is 6.07 Å². The molecule has 2 nitrogen and oxygen atoms in total. The first-order valence-electron chi connectivity index (χ1n) is 2.91. The predicted molar refractivity (Wildman–Crippen MR) is 56.0 cm³/mol. The molecule has 0 radical (unpaired) electrons. The van der Waals surface area contributed by atoms with Gasteiger partial charge in [0.1, 0.15) is 5.75 Å². The Kier molecular flexibility index (Phi) is 4.79. The first kappa shape index (κ1) is 11.0. The lowest BCUT2D eigenvalue weighted by Gasteiger charge is -1.98. The van der Waals surface area contributed by atoms with Crippen LogP contribution in [0.4, 0.5) is 0 Å². The minimum absolute atomic E-state index is 0. The first-order chi connectivity index (χ1) is 4.74. The van der Waals surface area contributed by atoms with E-state index in [2.05, 4.69) is 22.6 Å². The van der Waals surface area contributed by atoms with Crippen molar-refractivity contribution < 1.29 is 5.11 Å². The molecule has 0 spiro atoms. The Morgan fingerprint density at radius 2 is 2.09 bits per heavy atom. The normalized spacial score (nSPS) is 8.91. The highest BCUT2D eigenvalue weighted by Gasteiger charge is 1.96. The number of phenolic OH excluding ortho intramolecular Hbond substituents is 1. The van der Waals surface area contributed by atoms with E-state index < -0.39 is 0 Å². The van der Waals surface area contributed by atoms with Gasteiger partial charge in [-0.25, -0.2) is 0 Å². The van der Waals surface area contributed by atoms with Crippen molar-refractivity contribution in [2.75, 3.05) is 0 Å². The van der Waals surface area contributed by atoms with Crippen molar-refractivity contribution in [3.8, 4) is 5.75 Å². The van der Waals surface area contributed by atoms with Gasteiger partial charge in [0.15, 0.2) is 0 Å². The van der Waals surface area contributed by atoms with Gasteiger partial charge in [-0.1, -0.05) is 6.07 Å². The maximum atomic E-state index is 9.17. The minimum atomic E-state index is 0. The molecular formula is C7H9ClINO. The van der Waals surface area contributed by atoms with Crippen LogP contribution in [0, 0.1) is 3.57 Å². The molecule has 3 N–H and O–H groups in total. The van der Waals surface area contributed by atoms with Crippen molar-refractivity contribution >= 4 is 35.0 Å². The van der Waals surface area contributed by atoms with Crippen LogP contribution in [0.3, 0.4) is 0 Å². The molecule has 0 saturated heterocycles. The third-order valence-electron chi connectivity index (χ3n) is 1.25. The van der Waals surface area contributed by atoms with Crippen LogP contribution < -0.4 is 5.73 Å². The van der Waals surface area contributed by atoms with Crippen LogP contribution in [0.15, 0.2) is 18.2 Å². The van der Waals surface area contributed by atoms with Crippen molar-refractivity contribution in [1.82, 2.24) is 0 Å². The highest BCUT2D eigenvalue weighted by Crippen LogP contribution is 2.19. The van der Waals surface area contributed by atoms with Gasteiger partial charge in [0.2, 0.25) is 0 Å². The molecule has 1 aromatic rings. The van der Waals surface area contributed by atoms with Crippen LogP contribution in [-0.4, -0.2) is 5.11 Å². The summed E-state index contributed by atoms with van der Waals surface area (Å²) in [5, 5.41) is 9.17. The number of benzene rings is 1. The van der Waals surface area contributed by atoms with E-state index in [-0.39, 0.29) is 12.4 Å². The molecule has 0 unspecified atom stereocenters. The van der Waals surface area contributed by atoms with Gasteiger partial charge in [-0.05, 0) is 40.3 Å². The summed E-state index contributed by atoms with van der Waals surface area (Å²) < 4.78 is 0.856. The van der Waals surface area contributed by atoms with E-state index >= 15 is 0 Å². The van der Waals surface area contributed by atoms with E-state index in [9.17, 15) is 0 Å². The fourth-order valence-electron chi connectivity index (χ4n) is 0.685. The van der Waals surface area contributed by atoms with Gasteiger partial charge in [-0.2, -0.15) is 0 Å². The molecule has 0 amide bonds. The molecule has 0 aliphatic carbocycles. The average molecular weight is 286 g/mol. The van der Waals surface area contributed by atoms with Gasteiger partial charge in [-0.15, -0.1) is 12.4 Å². The van der Waals surface area contributed by atoms with E-state index in [0.717, 1.165) is 9.13 Å². The molecule has 1 rings (SSSR count). The highest BCUT2D eigenvalue weighted by atomic mass is 127. The molecule has 0 heterocycles. The summed E-state index contributed by atoms with van der Waals surface area (Å²) in [6.45, 7) is 0.477. The first-order valence-corrected chi connectivity index (χ1v) is 3.99. The topological polar surface area (TPSA) is 46.2 Å². The van der Waals surface area contributed by atoms with Crippen LogP contribution in [0.25, 0.3) is 0 Å². The number of hydrogen-bond acceptors (Lipinski definition) is 2. The second kappa shape index (κ2) is 4.79. The Morgan fingerprint density at radius 1 is 1.45 bits per heavy atom. The van der Waals surface area contributed by atoms with Crippen LogP contribution in [0.2, 0.25) is 0 Å². The van der Waals surface area contributed by atoms with Gasteiger partial charge in [0.25, 0.3) is 0 Å². The molecule has 4 heteroatoms. The van der Waals surface area contributed by atoms with E-state index in [1.165, 1.54) is 0 Å². The van der Waals surface area contributed by atoms with Crippen LogP contribution >= 0.6 is 35.0 Å². The van der Waals surface area contributed by atoms with Crippen LogP contribution in [-0.2, 0) is 6.54 Å². The summed E-state index contributed by atoms with van der Waals surface area (Å²) in [6.07, 6.45) is 0. The Hall–Kier alpha value is -0.0000000000000000555. The summed E-state index contributed by atoms with van der Waals surface area (Å²) in [5.74, 6) is 0.309. The summed E-state index contributed by atoms with van der Waals surface area (Å²) in [4.78, 5) is 0. The standard InChI is InChI=1S/C7H8INO.ClH/c8-6-2-1-5(4-9)3-7(6)10;/h1-3,10H,4,9H2;1H. The molecule has 0 bridgehead atoms. The van der Waals surface area contributed by atoms with Gasteiger partial charge >= 0.3 is 0 Å². The second-order valence-corrected chi connectivity index (χ2v) is 3.15. The van der Waals surface area contributed by atoms with E-state index in [0.29, 0.717) is 12.3 Å². The van der Waals surface area contributed by atoms with Gasteiger partial charge in [0, 0.05) is 6.54 Å². The highest BCUT2D eigenvalue weighted by molar-refractivity contribution is 14.1. The van der Waals surface area contributed by atoms with Crippen molar-refractivity contribution in [3.05, 3.63) is 27.3 Å². The average Bonchev–Trinajstić information content (AvgIpc) is 1.95. The molecular weight excluding hydrogens is 276 g/mol. The zero-order valence-electron chi connectivity index (χ0n) is 5.75. The van der Waals surface area contributed by atoms with Gasteiger partial charge < -0.3 is 10.8 Å². The lowest BCUT2D eigenvalue weighted by molar-refractivity contribution is 0.470. The summed E-state index contributed by atoms with van der Waals surface area (Å²) in [7, 11) is 0. The number of phenols is 1. The molecule has 62 valence electrons. The maximum Gasteiger partial charge on any atom is 0.129 e. The summed E-state index contributed by atoms with van der Waals surface area (Å²) >= 11 is 2.07. The third kappa shape index (κ3) is 2.84. The molecule has 0 aromatic heterocycles. The predicted octanol–water partition coefficient (Wildman–Crippen LogP) is 1.88. The van der Waals surface area contributed by atoms with Gasteiger partial charge in [-0.3, -0.25) is 0 Å². The zero-order valence-corrected chi connectivity index (χ0v) is 8.72. The monoisotopic (exact) mass is 285 g/mol. The van der Waals surface area contributed by atoms with Crippen molar-refractivity contribution in [2.24, 2.45) is 5.73 Å². The molecule has 0 aliphatic heterocycles. The van der Waals surface area contributed by atoms with Crippen LogP contribution in [0.5, 0.6) is 5.75 Å². The molecule has 0 aliphatic rings. The molecule has 1 aromatic carbocycles.